The van der Waals surface area contributed by atoms with E-state index < -0.39 is 29.5 Å². The minimum absolute atomic E-state index is 0.0243. The fourth-order valence-corrected chi connectivity index (χ4v) is 9.15. The summed E-state index contributed by atoms with van der Waals surface area (Å²) < 4.78 is 17.2. The topological polar surface area (TPSA) is 217 Å². The van der Waals surface area contributed by atoms with Gasteiger partial charge in [0, 0.05) is 45.8 Å². The number of hydrogen-bond acceptors (Lipinski definition) is 13. The second-order valence-corrected chi connectivity index (χ2v) is 16.2. The van der Waals surface area contributed by atoms with Gasteiger partial charge in [-0.05, 0) is 90.4 Å². The van der Waals surface area contributed by atoms with Crippen LogP contribution in [0.4, 0.5) is 4.79 Å². The van der Waals surface area contributed by atoms with E-state index in [0.717, 1.165) is 25.7 Å². The SMILES string of the molecule is COC1CC(N(N)C(=O)N(N)C2CCCCC2C)CCC1NC(C)(C)C(=O)CC1CC(C)NN([C@@H](CC(=O)ON)C2CCC(OC)C(OC)C2)C1=O. The van der Waals surface area contributed by atoms with Gasteiger partial charge in [0.25, 0.3) is 0 Å². The molecule has 1 heterocycles. The van der Waals surface area contributed by atoms with Crippen LogP contribution in [0.15, 0.2) is 0 Å². The fourth-order valence-electron chi connectivity index (χ4n) is 9.15. The number of ketones is 1. The third-order valence-corrected chi connectivity index (χ3v) is 12.3. The van der Waals surface area contributed by atoms with Gasteiger partial charge in [-0.3, -0.25) is 34.7 Å². The number of rotatable bonds is 14. The van der Waals surface area contributed by atoms with Gasteiger partial charge in [-0.15, -0.1) is 0 Å². The van der Waals surface area contributed by atoms with Crippen molar-refractivity contribution in [3.05, 3.63) is 0 Å². The third-order valence-electron chi connectivity index (χ3n) is 12.3. The first kappa shape index (κ1) is 42.3. The Morgan fingerprint density at radius 3 is 2.21 bits per heavy atom. The molecule has 1 aliphatic heterocycles. The van der Waals surface area contributed by atoms with E-state index in [9.17, 15) is 19.2 Å². The van der Waals surface area contributed by atoms with Crippen molar-refractivity contribution in [3.8, 4) is 0 Å². The molecule has 0 aromatic carbocycles. The normalized spacial score (nSPS) is 33.7. The Hall–Kier alpha value is -2.44. The molecule has 3 saturated carbocycles. The molecule has 0 spiro atoms. The summed E-state index contributed by atoms with van der Waals surface area (Å²) in [6, 6.07) is -1.56. The third kappa shape index (κ3) is 10.00. The van der Waals surface area contributed by atoms with E-state index >= 15 is 0 Å². The zero-order valence-corrected chi connectivity index (χ0v) is 32.4. The smallest absolute Gasteiger partial charge is 0.348 e. The predicted molar refractivity (Wildman–Crippen MR) is 193 cm³/mol. The molecule has 0 radical (unpaired) electrons. The number of hydrazine groups is 3. The Bertz CT molecular complexity index is 1230. The highest BCUT2D eigenvalue weighted by molar-refractivity contribution is 5.92. The Balaban J connectivity index is 1.39. The van der Waals surface area contributed by atoms with E-state index in [2.05, 4.69) is 22.5 Å². The van der Waals surface area contributed by atoms with Crippen LogP contribution in [-0.2, 0) is 33.4 Å². The summed E-state index contributed by atoms with van der Waals surface area (Å²) in [5, 5.41) is 7.65. The Morgan fingerprint density at radius 2 is 1.58 bits per heavy atom. The van der Waals surface area contributed by atoms with Gasteiger partial charge in [0.2, 0.25) is 5.91 Å². The molecular weight excluding hydrogens is 672 g/mol. The molecule has 3 aliphatic carbocycles. The predicted octanol–water partition coefficient (Wildman–Crippen LogP) is 2.05. The number of urea groups is 1. The second-order valence-electron chi connectivity index (χ2n) is 16.2. The number of nitrogens with two attached hydrogens (primary N) is 3. The maximum atomic E-state index is 14.1. The van der Waals surface area contributed by atoms with Crippen molar-refractivity contribution in [2.75, 3.05) is 21.3 Å². The lowest BCUT2D eigenvalue weighted by molar-refractivity contribution is -0.159. The van der Waals surface area contributed by atoms with Gasteiger partial charge in [0.1, 0.15) is 0 Å². The summed E-state index contributed by atoms with van der Waals surface area (Å²) in [6.07, 6.45) is 7.62. The first-order chi connectivity index (χ1) is 24.6. The maximum absolute atomic E-state index is 14.1. The minimum Gasteiger partial charge on any atom is -0.380 e. The van der Waals surface area contributed by atoms with E-state index in [0.29, 0.717) is 50.9 Å². The fraction of sp³-hybridized carbons (Fsp3) is 0.889. The maximum Gasteiger partial charge on any atom is 0.348 e. The number of hydrogen-bond donors (Lipinski definition) is 5. The number of methoxy groups -OCH3 is 3. The number of nitrogens with one attached hydrogen (secondary N) is 2. The molecule has 52 heavy (non-hydrogen) atoms. The molecule has 0 aromatic rings. The molecule has 16 nitrogen and oxygen atoms in total. The van der Waals surface area contributed by atoms with E-state index in [1.807, 2.05) is 20.8 Å². The van der Waals surface area contributed by atoms with E-state index in [1.165, 1.54) is 10.0 Å². The van der Waals surface area contributed by atoms with Gasteiger partial charge in [0.05, 0.1) is 48.4 Å². The first-order valence-corrected chi connectivity index (χ1v) is 19.2. The summed E-state index contributed by atoms with van der Waals surface area (Å²) in [7, 11) is 4.91. The lowest BCUT2D eigenvalue weighted by atomic mass is 9.78. The van der Waals surface area contributed by atoms with Crippen molar-refractivity contribution in [1.29, 1.82) is 0 Å². The van der Waals surface area contributed by atoms with Crippen LogP contribution < -0.4 is 28.3 Å². The van der Waals surface area contributed by atoms with E-state index in [4.69, 9.17) is 31.8 Å². The van der Waals surface area contributed by atoms with Crippen LogP contribution in [-0.4, -0.2) is 114 Å². The number of nitrogens with zero attached hydrogens (tertiary/aromatic N) is 3. The van der Waals surface area contributed by atoms with Crippen molar-refractivity contribution in [1.82, 2.24) is 25.8 Å². The zero-order chi connectivity index (χ0) is 38.3. The average Bonchev–Trinajstić information content (AvgIpc) is 3.14. The summed E-state index contributed by atoms with van der Waals surface area (Å²) in [5.74, 6) is 16.6. The molecule has 298 valence electrons. The highest BCUT2D eigenvalue weighted by Gasteiger charge is 2.46. The van der Waals surface area contributed by atoms with Gasteiger partial charge in [-0.2, -0.15) is 5.90 Å². The number of ether oxygens (including phenoxy) is 3. The van der Waals surface area contributed by atoms with Crippen molar-refractivity contribution < 1.29 is 38.2 Å². The second kappa shape index (κ2) is 18.7. The van der Waals surface area contributed by atoms with Gasteiger partial charge in [-0.25, -0.2) is 21.9 Å². The molecule has 3 amide bonds. The van der Waals surface area contributed by atoms with Gasteiger partial charge in [0.15, 0.2) is 5.78 Å². The van der Waals surface area contributed by atoms with Crippen LogP contribution >= 0.6 is 0 Å². The van der Waals surface area contributed by atoms with Crippen LogP contribution in [0.5, 0.6) is 0 Å². The largest absolute Gasteiger partial charge is 0.380 e. The molecule has 4 fully saturated rings. The van der Waals surface area contributed by atoms with Gasteiger partial charge in [-0.1, -0.05) is 19.8 Å². The summed E-state index contributed by atoms with van der Waals surface area (Å²) in [6.45, 7) is 7.75. The first-order valence-electron chi connectivity index (χ1n) is 19.2. The van der Waals surface area contributed by atoms with Crippen LogP contribution in [0.3, 0.4) is 0 Å². The summed E-state index contributed by atoms with van der Waals surface area (Å²) in [4.78, 5) is 58.6. The van der Waals surface area contributed by atoms with Crippen molar-refractivity contribution in [2.24, 2.45) is 35.3 Å². The molecule has 8 N–H and O–H groups in total. The molecule has 4 rings (SSSR count). The Labute approximate surface area is 309 Å². The van der Waals surface area contributed by atoms with Crippen LogP contribution in [0.2, 0.25) is 0 Å². The number of Topliss-reactive ketones (excluding diaryl/α,β-unsaturated/α-hetero) is 1. The van der Waals surface area contributed by atoms with Crippen molar-refractivity contribution >= 4 is 23.7 Å². The molecule has 0 bridgehead atoms. The molecule has 10 unspecified atom stereocenters. The highest BCUT2D eigenvalue weighted by atomic mass is 16.7. The Kier molecular flexibility index (Phi) is 15.2. The molecule has 0 aromatic heterocycles. The number of carbonyl (C=O) groups excluding carboxylic acids is 4. The van der Waals surface area contributed by atoms with Crippen LogP contribution in [0, 0.1) is 17.8 Å². The summed E-state index contributed by atoms with van der Waals surface area (Å²) >= 11 is 0. The lowest BCUT2D eigenvalue weighted by Gasteiger charge is -2.46. The quantitative estimate of drug-likeness (QED) is 0.0981. The molecule has 4 aliphatic rings. The van der Waals surface area contributed by atoms with E-state index in [-0.39, 0.29) is 72.9 Å². The lowest BCUT2D eigenvalue weighted by Crippen LogP contribution is -2.64. The Morgan fingerprint density at radius 1 is 0.904 bits per heavy atom. The van der Waals surface area contributed by atoms with Crippen molar-refractivity contribution in [2.45, 2.75) is 165 Å². The molecule has 11 atom stereocenters. The van der Waals surface area contributed by atoms with Gasteiger partial charge >= 0.3 is 12.0 Å². The highest BCUT2D eigenvalue weighted by Crippen LogP contribution is 2.36. The van der Waals surface area contributed by atoms with Crippen LogP contribution in [0.1, 0.15) is 111 Å². The minimum atomic E-state index is -0.982. The standard InChI is InChI=1S/C36H66N8O8/c1-21-10-8-9-11-27(21)43(38)35(48)42(37)25-13-14-26(30(19-25)50-6)40-36(3,4)32(45)18-24-16-22(2)41-44(34(24)47)28(20-33(46)52-39)23-12-15-29(49-5)31(17-23)51-7/h21-31,40-41H,8-20,37-39H2,1-7H3/t21?,22?,23?,24?,25?,26?,27?,28-,29?,30?,31?/m0/s1. The van der Waals surface area contributed by atoms with Crippen LogP contribution in [0.25, 0.3) is 0 Å². The molecule has 16 heteroatoms. The summed E-state index contributed by atoms with van der Waals surface area (Å²) in [5.41, 5.74) is 2.31. The zero-order valence-electron chi connectivity index (χ0n) is 32.4. The van der Waals surface area contributed by atoms with Crippen molar-refractivity contribution in [3.63, 3.8) is 0 Å². The average molecular weight is 739 g/mol. The monoisotopic (exact) mass is 739 g/mol. The van der Waals surface area contributed by atoms with E-state index in [1.54, 1.807) is 26.3 Å². The van der Waals surface area contributed by atoms with Gasteiger partial charge < -0.3 is 19.0 Å². The number of amides is 3. The molecule has 1 saturated heterocycles. The molecular formula is C36H66N8O8. The number of carbonyl (C=O) groups is 4.